The van der Waals surface area contributed by atoms with Crippen LogP contribution in [0, 0.1) is 13.8 Å². The molecule has 2 heterocycles. The third-order valence-corrected chi connectivity index (χ3v) is 4.25. The van der Waals surface area contributed by atoms with Gasteiger partial charge >= 0.3 is 5.97 Å². The Balaban J connectivity index is 2.37. The molecule has 6 heteroatoms. The van der Waals surface area contributed by atoms with Gasteiger partial charge in [0.15, 0.2) is 0 Å². The largest absolute Gasteiger partial charge is 0.461 e. The van der Waals surface area contributed by atoms with Gasteiger partial charge in [-0.15, -0.1) is 0 Å². The van der Waals surface area contributed by atoms with E-state index in [1.54, 1.807) is 0 Å². The van der Waals surface area contributed by atoms with Crippen molar-refractivity contribution >= 4 is 21.9 Å². The third-order valence-electron chi connectivity index (χ3n) is 3.22. The van der Waals surface area contributed by atoms with Crippen LogP contribution in [0.3, 0.4) is 0 Å². The number of carbonyl (C=O) groups excluding carboxylic acids is 1. The van der Waals surface area contributed by atoms with Crippen LogP contribution in [0.5, 0.6) is 0 Å². The van der Waals surface area contributed by atoms with E-state index in [4.69, 9.17) is 4.74 Å². The molecule has 0 amide bonds. The van der Waals surface area contributed by atoms with Gasteiger partial charge in [0.25, 0.3) is 0 Å². The number of carbonyl (C=O) groups is 1. The van der Waals surface area contributed by atoms with E-state index in [1.807, 2.05) is 49.3 Å². The standard InChI is InChI=1S/C14H18BrN3O2/c1-5-20-14(19)13-9(2)6-7-18(13)8-11-12(15)10(3)16-17(11)4/h6-7H,5,8H2,1-4H3. The summed E-state index contributed by atoms with van der Waals surface area (Å²) >= 11 is 3.54. The Morgan fingerprint density at radius 3 is 2.70 bits per heavy atom. The Morgan fingerprint density at radius 1 is 1.45 bits per heavy atom. The van der Waals surface area contributed by atoms with Crippen molar-refractivity contribution in [2.75, 3.05) is 6.61 Å². The van der Waals surface area contributed by atoms with Crippen LogP contribution in [-0.2, 0) is 18.3 Å². The SMILES string of the molecule is CCOC(=O)c1c(C)ccn1Cc1c(Br)c(C)nn1C. The summed E-state index contributed by atoms with van der Waals surface area (Å²) in [6.07, 6.45) is 1.90. The number of rotatable bonds is 4. The zero-order chi connectivity index (χ0) is 14.9. The zero-order valence-electron chi connectivity index (χ0n) is 12.1. The molecule has 108 valence electrons. The van der Waals surface area contributed by atoms with Crippen molar-refractivity contribution in [1.29, 1.82) is 0 Å². The summed E-state index contributed by atoms with van der Waals surface area (Å²) in [5.74, 6) is -0.287. The average molecular weight is 340 g/mol. The van der Waals surface area contributed by atoms with Crippen molar-refractivity contribution in [1.82, 2.24) is 14.3 Å². The van der Waals surface area contributed by atoms with Gasteiger partial charge < -0.3 is 9.30 Å². The normalized spacial score (nSPS) is 10.8. The predicted octanol–water partition coefficient (Wildman–Crippen LogP) is 2.83. The van der Waals surface area contributed by atoms with Gasteiger partial charge in [-0.1, -0.05) is 0 Å². The van der Waals surface area contributed by atoms with E-state index in [1.165, 1.54) is 0 Å². The monoisotopic (exact) mass is 339 g/mol. The summed E-state index contributed by atoms with van der Waals surface area (Å²) in [6.45, 7) is 6.60. The van der Waals surface area contributed by atoms with E-state index < -0.39 is 0 Å². The first-order valence-electron chi connectivity index (χ1n) is 6.46. The molecule has 2 aromatic rings. The minimum Gasteiger partial charge on any atom is -0.461 e. The van der Waals surface area contributed by atoms with Crippen LogP contribution in [0.1, 0.15) is 34.4 Å². The molecule has 2 rings (SSSR count). The number of aromatic nitrogens is 3. The molecule has 0 bridgehead atoms. The topological polar surface area (TPSA) is 49.1 Å². The minimum absolute atomic E-state index is 0.287. The van der Waals surface area contributed by atoms with E-state index in [2.05, 4.69) is 21.0 Å². The van der Waals surface area contributed by atoms with Crippen LogP contribution in [-0.4, -0.2) is 26.9 Å². The van der Waals surface area contributed by atoms with Gasteiger partial charge in [-0.3, -0.25) is 4.68 Å². The molecule has 20 heavy (non-hydrogen) atoms. The maximum atomic E-state index is 12.0. The second-order valence-electron chi connectivity index (χ2n) is 4.67. The molecule has 2 aromatic heterocycles. The third kappa shape index (κ3) is 2.65. The summed E-state index contributed by atoms with van der Waals surface area (Å²) < 4.78 is 9.81. The molecule has 0 saturated heterocycles. The van der Waals surface area contributed by atoms with Crippen molar-refractivity contribution in [3.8, 4) is 0 Å². The highest BCUT2D eigenvalue weighted by Crippen LogP contribution is 2.22. The molecule has 0 fully saturated rings. The molecular weight excluding hydrogens is 322 g/mol. The molecule has 0 aromatic carbocycles. The van der Waals surface area contributed by atoms with Gasteiger partial charge in [-0.25, -0.2) is 4.79 Å². The van der Waals surface area contributed by atoms with Crippen molar-refractivity contribution in [3.05, 3.63) is 39.4 Å². The van der Waals surface area contributed by atoms with Crippen molar-refractivity contribution in [2.24, 2.45) is 7.05 Å². The smallest absolute Gasteiger partial charge is 0.355 e. The van der Waals surface area contributed by atoms with E-state index in [9.17, 15) is 4.79 Å². The fraction of sp³-hybridized carbons (Fsp3) is 0.429. The fourth-order valence-corrected chi connectivity index (χ4v) is 2.67. The molecule has 0 saturated carbocycles. The highest BCUT2D eigenvalue weighted by atomic mass is 79.9. The van der Waals surface area contributed by atoms with Crippen molar-refractivity contribution in [2.45, 2.75) is 27.3 Å². The first kappa shape index (κ1) is 14.8. The Labute approximate surface area is 126 Å². The summed E-state index contributed by atoms with van der Waals surface area (Å²) in [6, 6.07) is 1.92. The Bertz CT molecular complexity index is 643. The Kier molecular flexibility index (Phi) is 4.32. The molecule has 0 spiro atoms. The van der Waals surface area contributed by atoms with Crippen LogP contribution in [0.2, 0.25) is 0 Å². The van der Waals surface area contributed by atoms with Gasteiger partial charge in [0, 0.05) is 13.2 Å². The van der Waals surface area contributed by atoms with Gasteiger partial charge in [-0.05, 0) is 48.3 Å². The molecular formula is C14H18BrN3O2. The highest BCUT2D eigenvalue weighted by molar-refractivity contribution is 9.10. The van der Waals surface area contributed by atoms with E-state index in [-0.39, 0.29) is 5.97 Å². The number of nitrogens with zero attached hydrogens (tertiary/aromatic N) is 3. The van der Waals surface area contributed by atoms with Gasteiger partial charge in [0.05, 0.1) is 29.0 Å². The molecule has 0 radical (unpaired) electrons. The summed E-state index contributed by atoms with van der Waals surface area (Å²) in [5.41, 5.74) is 3.46. The number of ether oxygens (including phenoxy) is 1. The molecule has 0 aliphatic rings. The highest BCUT2D eigenvalue weighted by Gasteiger charge is 2.18. The maximum absolute atomic E-state index is 12.0. The molecule has 5 nitrogen and oxygen atoms in total. The van der Waals surface area contributed by atoms with Gasteiger partial charge in [0.2, 0.25) is 0 Å². The lowest BCUT2D eigenvalue weighted by Gasteiger charge is -2.10. The van der Waals surface area contributed by atoms with E-state index in [0.29, 0.717) is 18.8 Å². The predicted molar refractivity (Wildman–Crippen MR) is 79.9 cm³/mol. The van der Waals surface area contributed by atoms with Crippen LogP contribution in [0.25, 0.3) is 0 Å². The number of aryl methyl sites for hydroxylation is 3. The first-order valence-corrected chi connectivity index (χ1v) is 7.25. The van der Waals surface area contributed by atoms with Gasteiger partial charge in [0.1, 0.15) is 5.69 Å². The maximum Gasteiger partial charge on any atom is 0.355 e. The lowest BCUT2D eigenvalue weighted by atomic mass is 10.2. The lowest BCUT2D eigenvalue weighted by Crippen LogP contribution is -2.15. The molecule has 0 aliphatic carbocycles. The number of esters is 1. The van der Waals surface area contributed by atoms with Gasteiger partial charge in [-0.2, -0.15) is 5.10 Å². The number of hydrogen-bond acceptors (Lipinski definition) is 3. The first-order chi connectivity index (χ1) is 9.45. The number of hydrogen-bond donors (Lipinski definition) is 0. The van der Waals surface area contributed by atoms with Crippen LogP contribution in [0.15, 0.2) is 16.7 Å². The van der Waals surface area contributed by atoms with E-state index >= 15 is 0 Å². The molecule has 0 atom stereocenters. The fourth-order valence-electron chi connectivity index (χ4n) is 2.20. The van der Waals surface area contributed by atoms with E-state index in [0.717, 1.165) is 21.4 Å². The van der Waals surface area contributed by atoms with Crippen LogP contribution in [0.4, 0.5) is 0 Å². The summed E-state index contributed by atoms with van der Waals surface area (Å²) in [7, 11) is 1.90. The Morgan fingerprint density at radius 2 is 2.15 bits per heavy atom. The summed E-state index contributed by atoms with van der Waals surface area (Å²) in [4.78, 5) is 12.0. The van der Waals surface area contributed by atoms with Crippen LogP contribution < -0.4 is 0 Å². The van der Waals surface area contributed by atoms with Crippen LogP contribution >= 0.6 is 15.9 Å². The molecule has 0 N–H and O–H groups in total. The van der Waals surface area contributed by atoms with Crippen molar-refractivity contribution < 1.29 is 9.53 Å². The number of halogens is 1. The second-order valence-corrected chi connectivity index (χ2v) is 5.46. The zero-order valence-corrected chi connectivity index (χ0v) is 13.7. The molecule has 0 aliphatic heterocycles. The second kappa shape index (κ2) is 5.83. The summed E-state index contributed by atoms with van der Waals surface area (Å²) in [5, 5.41) is 4.36. The molecule has 0 unspecified atom stereocenters. The Hall–Kier alpha value is -1.56. The minimum atomic E-state index is -0.287. The quantitative estimate of drug-likeness (QED) is 0.804. The average Bonchev–Trinajstić information content (AvgIpc) is 2.86. The lowest BCUT2D eigenvalue weighted by molar-refractivity contribution is 0.0513. The van der Waals surface area contributed by atoms with Crippen molar-refractivity contribution in [3.63, 3.8) is 0 Å².